The Hall–Kier alpha value is -3.39. The topological polar surface area (TPSA) is 84.5 Å². The number of rotatable bonds is 8. The molecule has 0 radical (unpaired) electrons. The van der Waals surface area contributed by atoms with Crippen LogP contribution in [0.1, 0.15) is 12.5 Å². The van der Waals surface area contributed by atoms with Crippen molar-refractivity contribution in [1.82, 2.24) is 0 Å². The van der Waals surface area contributed by atoms with E-state index in [9.17, 15) is 17.6 Å². The van der Waals surface area contributed by atoms with Crippen LogP contribution in [0.25, 0.3) is 0 Å². The van der Waals surface area contributed by atoms with Crippen LogP contribution in [0.3, 0.4) is 0 Å². The zero-order valence-corrected chi connectivity index (χ0v) is 18.0. The first kappa shape index (κ1) is 22.3. The van der Waals surface area contributed by atoms with E-state index >= 15 is 0 Å². The highest BCUT2D eigenvalue weighted by Gasteiger charge is 2.22. The number of benzene rings is 3. The lowest BCUT2D eigenvalue weighted by molar-refractivity contribution is -0.114. The predicted octanol–water partition coefficient (Wildman–Crippen LogP) is 4.42. The Kier molecular flexibility index (Phi) is 6.91. The SMILES string of the molecule is CCOc1ccc(S(=O)(=O)c2cc(C)ccc2NCC(=O)Nc2ccccc2F)cc1. The Morgan fingerprint density at radius 3 is 2.39 bits per heavy atom. The van der Waals surface area contributed by atoms with Crippen molar-refractivity contribution in [3.8, 4) is 5.75 Å². The molecule has 2 N–H and O–H groups in total. The maximum Gasteiger partial charge on any atom is 0.243 e. The molecule has 0 aliphatic heterocycles. The molecular weight excluding hydrogens is 419 g/mol. The number of para-hydroxylation sites is 1. The Morgan fingerprint density at radius 1 is 1.00 bits per heavy atom. The van der Waals surface area contributed by atoms with Gasteiger partial charge in [-0.25, -0.2) is 12.8 Å². The lowest BCUT2D eigenvalue weighted by atomic mass is 10.2. The van der Waals surface area contributed by atoms with Crippen LogP contribution in [0, 0.1) is 12.7 Å². The standard InChI is InChI=1S/C23H23FN2O4S/c1-3-30-17-9-11-18(12-10-17)31(28,29)22-14-16(2)8-13-21(22)25-15-23(27)26-20-7-5-4-6-19(20)24/h4-14,25H,3,15H2,1-2H3,(H,26,27). The van der Waals surface area contributed by atoms with Crippen molar-refractivity contribution in [3.63, 3.8) is 0 Å². The van der Waals surface area contributed by atoms with Gasteiger partial charge in [0, 0.05) is 0 Å². The molecule has 8 heteroatoms. The zero-order valence-electron chi connectivity index (χ0n) is 17.2. The number of aryl methyl sites for hydroxylation is 1. The summed E-state index contributed by atoms with van der Waals surface area (Å²) in [6.45, 7) is 3.87. The fourth-order valence-corrected chi connectivity index (χ4v) is 4.46. The number of carbonyl (C=O) groups excluding carboxylic acids is 1. The fourth-order valence-electron chi connectivity index (χ4n) is 2.94. The number of ether oxygens (including phenoxy) is 1. The van der Waals surface area contributed by atoms with Crippen LogP contribution in [0.15, 0.2) is 76.5 Å². The van der Waals surface area contributed by atoms with Crippen LogP contribution in [-0.2, 0) is 14.6 Å². The van der Waals surface area contributed by atoms with E-state index in [0.29, 0.717) is 12.4 Å². The summed E-state index contributed by atoms with van der Waals surface area (Å²) >= 11 is 0. The zero-order chi connectivity index (χ0) is 22.4. The number of halogens is 1. The number of hydrogen-bond donors (Lipinski definition) is 2. The first-order valence-corrected chi connectivity index (χ1v) is 11.2. The molecule has 3 rings (SSSR count). The van der Waals surface area contributed by atoms with Gasteiger partial charge in [-0.3, -0.25) is 4.79 Å². The molecule has 0 heterocycles. The lowest BCUT2D eigenvalue weighted by Gasteiger charge is -2.14. The van der Waals surface area contributed by atoms with E-state index in [-0.39, 0.29) is 27.7 Å². The third-order valence-electron chi connectivity index (χ3n) is 4.46. The molecule has 31 heavy (non-hydrogen) atoms. The second-order valence-electron chi connectivity index (χ2n) is 6.79. The highest BCUT2D eigenvalue weighted by atomic mass is 32.2. The second-order valence-corrected chi connectivity index (χ2v) is 8.71. The van der Waals surface area contributed by atoms with Crippen LogP contribution in [0.4, 0.5) is 15.8 Å². The van der Waals surface area contributed by atoms with E-state index in [0.717, 1.165) is 5.56 Å². The van der Waals surface area contributed by atoms with Gasteiger partial charge in [0.15, 0.2) is 0 Å². The highest BCUT2D eigenvalue weighted by Crippen LogP contribution is 2.29. The van der Waals surface area contributed by atoms with Crippen molar-refractivity contribution < 1.29 is 22.3 Å². The summed E-state index contributed by atoms with van der Waals surface area (Å²) in [5.74, 6) is -0.478. The van der Waals surface area contributed by atoms with Gasteiger partial charge in [-0.2, -0.15) is 0 Å². The summed E-state index contributed by atoms with van der Waals surface area (Å²) in [4.78, 5) is 12.4. The average molecular weight is 443 g/mol. The normalized spacial score (nSPS) is 11.1. The van der Waals surface area contributed by atoms with E-state index in [1.54, 1.807) is 43.3 Å². The van der Waals surface area contributed by atoms with E-state index in [1.807, 2.05) is 6.92 Å². The molecule has 0 aliphatic carbocycles. The number of carbonyl (C=O) groups is 1. The van der Waals surface area contributed by atoms with Gasteiger partial charge in [-0.1, -0.05) is 18.2 Å². The molecule has 3 aromatic rings. The minimum atomic E-state index is -3.85. The van der Waals surface area contributed by atoms with E-state index < -0.39 is 21.6 Å². The summed E-state index contributed by atoms with van der Waals surface area (Å²) in [7, 11) is -3.85. The van der Waals surface area contributed by atoms with Crippen molar-refractivity contribution in [2.45, 2.75) is 23.6 Å². The van der Waals surface area contributed by atoms with E-state index in [1.165, 1.54) is 30.3 Å². The third-order valence-corrected chi connectivity index (χ3v) is 6.27. The molecule has 0 fully saturated rings. The van der Waals surface area contributed by atoms with Gasteiger partial charge in [-0.15, -0.1) is 0 Å². The molecular formula is C23H23FN2O4S. The maximum atomic E-state index is 13.7. The van der Waals surface area contributed by atoms with Crippen LogP contribution in [0.5, 0.6) is 5.75 Å². The van der Waals surface area contributed by atoms with Gasteiger partial charge in [-0.05, 0) is 67.9 Å². The van der Waals surface area contributed by atoms with Crippen LogP contribution >= 0.6 is 0 Å². The minimum absolute atomic E-state index is 0.0513. The molecule has 3 aromatic carbocycles. The molecule has 0 saturated heterocycles. The molecule has 0 aromatic heterocycles. The van der Waals surface area contributed by atoms with Crippen molar-refractivity contribution in [2.24, 2.45) is 0 Å². The van der Waals surface area contributed by atoms with E-state index in [2.05, 4.69) is 10.6 Å². The molecule has 0 bridgehead atoms. The quantitative estimate of drug-likeness (QED) is 0.540. The predicted molar refractivity (Wildman–Crippen MR) is 118 cm³/mol. The molecule has 0 atom stereocenters. The Balaban J connectivity index is 1.81. The Labute approximate surface area is 181 Å². The molecule has 0 unspecified atom stereocenters. The highest BCUT2D eigenvalue weighted by molar-refractivity contribution is 7.91. The Bertz CT molecular complexity index is 1180. The van der Waals surface area contributed by atoms with Gasteiger partial charge < -0.3 is 15.4 Å². The monoisotopic (exact) mass is 442 g/mol. The fraction of sp³-hybridized carbons (Fsp3) is 0.174. The summed E-state index contributed by atoms with van der Waals surface area (Å²) in [6.07, 6.45) is 0. The van der Waals surface area contributed by atoms with Crippen molar-refractivity contribution in [2.75, 3.05) is 23.8 Å². The van der Waals surface area contributed by atoms with Crippen LogP contribution in [0.2, 0.25) is 0 Å². The number of sulfone groups is 1. The lowest BCUT2D eigenvalue weighted by Crippen LogP contribution is -2.23. The second kappa shape index (κ2) is 9.61. The first-order chi connectivity index (χ1) is 14.8. The molecule has 162 valence electrons. The van der Waals surface area contributed by atoms with Gasteiger partial charge in [0.05, 0.1) is 34.3 Å². The molecule has 0 saturated carbocycles. The van der Waals surface area contributed by atoms with Gasteiger partial charge in [0.2, 0.25) is 15.7 Å². The molecule has 0 aliphatic rings. The number of nitrogens with one attached hydrogen (secondary N) is 2. The summed E-state index contributed by atoms with van der Waals surface area (Å²) in [5.41, 5.74) is 1.09. The minimum Gasteiger partial charge on any atom is -0.494 e. The van der Waals surface area contributed by atoms with E-state index in [4.69, 9.17) is 4.74 Å². The smallest absolute Gasteiger partial charge is 0.243 e. The third kappa shape index (κ3) is 5.40. The van der Waals surface area contributed by atoms with Crippen LogP contribution < -0.4 is 15.4 Å². The summed E-state index contributed by atoms with van der Waals surface area (Å²) in [5, 5.41) is 5.31. The number of hydrogen-bond acceptors (Lipinski definition) is 5. The Morgan fingerprint density at radius 2 is 1.71 bits per heavy atom. The largest absolute Gasteiger partial charge is 0.494 e. The molecule has 1 amide bonds. The average Bonchev–Trinajstić information content (AvgIpc) is 2.75. The summed E-state index contributed by atoms with van der Waals surface area (Å²) in [6, 6.07) is 16.9. The molecule has 6 nitrogen and oxygen atoms in total. The summed E-state index contributed by atoms with van der Waals surface area (Å²) < 4.78 is 45.5. The van der Waals surface area contributed by atoms with Gasteiger partial charge in [0.25, 0.3) is 0 Å². The van der Waals surface area contributed by atoms with Crippen molar-refractivity contribution >= 4 is 27.1 Å². The molecule has 0 spiro atoms. The van der Waals surface area contributed by atoms with Crippen molar-refractivity contribution in [1.29, 1.82) is 0 Å². The maximum absolute atomic E-state index is 13.7. The first-order valence-electron chi connectivity index (χ1n) is 9.68. The number of anilines is 2. The van der Waals surface area contributed by atoms with Crippen molar-refractivity contribution in [3.05, 3.63) is 78.1 Å². The number of amides is 1. The van der Waals surface area contributed by atoms with Gasteiger partial charge >= 0.3 is 0 Å². The van der Waals surface area contributed by atoms with Crippen LogP contribution in [-0.4, -0.2) is 27.5 Å². The van der Waals surface area contributed by atoms with Gasteiger partial charge in [0.1, 0.15) is 11.6 Å².